The van der Waals surface area contributed by atoms with E-state index in [2.05, 4.69) is 5.27 Å². The monoisotopic (exact) mass is 167 g/mol. The summed E-state index contributed by atoms with van der Waals surface area (Å²) >= 11 is 0. The minimum absolute atomic E-state index is 0.153. The Morgan fingerprint density at radius 2 is 2.17 bits per heavy atom. The zero-order chi connectivity index (χ0) is 8.39. The number of aromatic nitrogens is 2. The smallest absolute Gasteiger partial charge is 0.264 e. The molecule has 1 saturated carbocycles. The predicted octanol–water partition coefficient (Wildman–Crippen LogP) is 0.509. The summed E-state index contributed by atoms with van der Waals surface area (Å²) in [5.74, 6) is 0. The molecule has 1 aromatic heterocycles. The van der Waals surface area contributed by atoms with E-state index in [9.17, 15) is 0 Å². The molecule has 0 unspecified atom stereocenters. The first-order chi connectivity index (χ1) is 5.86. The molecule has 0 atom stereocenters. The van der Waals surface area contributed by atoms with Gasteiger partial charge in [-0.2, -0.15) is 0 Å². The lowest BCUT2D eigenvalue weighted by Gasteiger charge is -2.17. The molecule has 1 aromatic rings. The van der Waals surface area contributed by atoms with Gasteiger partial charge in [-0.3, -0.25) is 10.7 Å². The molecule has 0 amide bonds. The van der Waals surface area contributed by atoms with Gasteiger partial charge in [0.1, 0.15) is 6.04 Å². The predicted molar refractivity (Wildman–Crippen MR) is 40.2 cm³/mol. The van der Waals surface area contributed by atoms with Gasteiger partial charge in [-0.05, 0) is 12.8 Å². The molecule has 0 radical (unpaired) electrons. The highest BCUT2D eigenvalue weighted by Gasteiger charge is 2.19. The average Bonchev–Trinajstić information content (AvgIpc) is 2.54. The summed E-state index contributed by atoms with van der Waals surface area (Å²) < 4.78 is 6.49. The zero-order valence-corrected chi connectivity index (χ0v) is 6.99. The highest BCUT2D eigenvalue weighted by atomic mass is 16.5. The number of rotatable bonds is 1. The second kappa shape index (κ2) is 3.13. The molecule has 1 aliphatic carbocycles. The molecule has 2 rings (SSSR count). The highest BCUT2D eigenvalue weighted by Crippen LogP contribution is 2.22. The summed E-state index contributed by atoms with van der Waals surface area (Å²) in [4.78, 5) is 0. The van der Waals surface area contributed by atoms with Crippen LogP contribution in [-0.4, -0.2) is 0 Å². The van der Waals surface area contributed by atoms with Crippen molar-refractivity contribution in [3.63, 3.8) is 0 Å². The number of hydrogen-bond donors (Lipinski definition) is 1. The van der Waals surface area contributed by atoms with Crippen LogP contribution in [-0.2, 0) is 0 Å². The fourth-order valence-corrected chi connectivity index (χ4v) is 1.78. The van der Waals surface area contributed by atoms with E-state index in [0.29, 0.717) is 6.04 Å². The van der Waals surface area contributed by atoms with Gasteiger partial charge in [0.2, 0.25) is 6.20 Å². The quantitative estimate of drug-likeness (QED) is 0.619. The standard InChI is InChI=1S/C8H13N3O/c9-8-6-11(10-12-8)7-4-2-1-3-5-7/h6-7,9H,1-5H2. The highest BCUT2D eigenvalue weighted by molar-refractivity contribution is 4.59. The van der Waals surface area contributed by atoms with Crippen LogP contribution in [0.3, 0.4) is 0 Å². The molecule has 1 heterocycles. The Kier molecular flexibility index (Phi) is 1.98. The van der Waals surface area contributed by atoms with E-state index < -0.39 is 0 Å². The van der Waals surface area contributed by atoms with E-state index in [4.69, 9.17) is 9.93 Å². The molecular weight excluding hydrogens is 154 g/mol. The van der Waals surface area contributed by atoms with Crippen molar-refractivity contribution >= 4 is 0 Å². The Labute approximate surface area is 70.7 Å². The van der Waals surface area contributed by atoms with E-state index in [1.807, 2.05) is 0 Å². The van der Waals surface area contributed by atoms with Crippen LogP contribution in [0.2, 0.25) is 0 Å². The molecule has 0 aromatic carbocycles. The van der Waals surface area contributed by atoms with Gasteiger partial charge >= 0.3 is 0 Å². The van der Waals surface area contributed by atoms with Crippen molar-refractivity contribution in [3.8, 4) is 0 Å². The van der Waals surface area contributed by atoms with Gasteiger partial charge in [0.25, 0.3) is 5.55 Å². The molecule has 0 aliphatic heterocycles. The third-order valence-electron chi connectivity index (χ3n) is 2.43. The largest absolute Gasteiger partial charge is 0.487 e. The maximum absolute atomic E-state index is 7.18. The SMILES string of the molecule is N=c1c[n+](C2CCCCC2)[n-]o1. The first-order valence-corrected chi connectivity index (χ1v) is 4.46. The maximum atomic E-state index is 7.18. The minimum atomic E-state index is 0.153. The first kappa shape index (κ1) is 7.58. The summed E-state index contributed by atoms with van der Waals surface area (Å²) in [5, 5.41) is 11.0. The van der Waals surface area contributed by atoms with Gasteiger partial charge < -0.3 is 4.52 Å². The third-order valence-corrected chi connectivity index (χ3v) is 2.43. The lowest BCUT2D eigenvalue weighted by Crippen LogP contribution is -2.43. The van der Waals surface area contributed by atoms with Crippen molar-refractivity contribution in [1.29, 1.82) is 5.41 Å². The molecule has 0 spiro atoms. The van der Waals surface area contributed by atoms with Crippen molar-refractivity contribution in [1.82, 2.24) is 5.27 Å². The van der Waals surface area contributed by atoms with Crippen molar-refractivity contribution in [2.75, 3.05) is 0 Å². The van der Waals surface area contributed by atoms with E-state index in [0.717, 1.165) is 0 Å². The van der Waals surface area contributed by atoms with Crippen molar-refractivity contribution < 1.29 is 9.20 Å². The van der Waals surface area contributed by atoms with Crippen LogP contribution in [0.25, 0.3) is 0 Å². The van der Waals surface area contributed by atoms with Crippen molar-refractivity contribution in [2.24, 2.45) is 0 Å². The number of nitrogens with zero attached hydrogens (tertiary/aromatic N) is 2. The molecule has 1 N–H and O–H groups in total. The van der Waals surface area contributed by atoms with Crippen molar-refractivity contribution in [2.45, 2.75) is 38.1 Å². The summed E-state index contributed by atoms with van der Waals surface area (Å²) in [5.41, 5.74) is 0.153. The van der Waals surface area contributed by atoms with Gasteiger partial charge in [-0.15, -0.1) is 0 Å². The third kappa shape index (κ3) is 1.42. The van der Waals surface area contributed by atoms with E-state index >= 15 is 0 Å². The molecule has 0 saturated heterocycles. The van der Waals surface area contributed by atoms with Crippen LogP contribution >= 0.6 is 0 Å². The second-order valence-corrected chi connectivity index (χ2v) is 3.34. The van der Waals surface area contributed by atoms with E-state index in [1.165, 1.54) is 32.1 Å². The fourth-order valence-electron chi connectivity index (χ4n) is 1.78. The van der Waals surface area contributed by atoms with E-state index in [1.54, 1.807) is 10.9 Å². The topological polar surface area (TPSA) is 55.0 Å². The average molecular weight is 167 g/mol. The first-order valence-electron chi connectivity index (χ1n) is 4.46. The van der Waals surface area contributed by atoms with Crippen LogP contribution in [0.5, 0.6) is 0 Å². The normalized spacial score (nSPS) is 19.7. The molecule has 4 heteroatoms. The van der Waals surface area contributed by atoms with E-state index in [-0.39, 0.29) is 5.55 Å². The Morgan fingerprint density at radius 1 is 1.42 bits per heavy atom. The van der Waals surface area contributed by atoms with Crippen LogP contribution < -0.4 is 15.5 Å². The summed E-state index contributed by atoms with van der Waals surface area (Å²) in [6.45, 7) is 0. The molecule has 0 bridgehead atoms. The lowest BCUT2D eigenvalue weighted by atomic mass is 9.96. The van der Waals surface area contributed by atoms with Crippen LogP contribution in [0, 0.1) is 5.41 Å². The molecule has 66 valence electrons. The second-order valence-electron chi connectivity index (χ2n) is 3.34. The van der Waals surface area contributed by atoms with Gasteiger partial charge in [-0.1, -0.05) is 6.42 Å². The Bertz CT molecular complexity index is 295. The minimum Gasteiger partial charge on any atom is -0.487 e. The summed E-state index contributed by atoms with van der Waals surface area (Å²) in [6.07, 6.45) is 7.90. The zero-order valence-electron chi connectivity index (χ0n) is 6.99. The molecule has 1 aliphatic rings. The van der Waals surface area contributed by atoms with Crippen LogP contribution in [0.1, 0.15) is 38.1 Å². The van der Waals surface area contributed by atoms with Gasteiger partial charge in [0.05, 0.1) is 0 Å². The van der Waals surface area contributed by atoms with Crippen LogP contribution in [0.15, 0.2) is 10.7 Å². The maximum Gasteiger partial charge on any atom is 0.264 e. The Balaban J connectivity index is 2.13. The summed E-state index contributed by atoms with van der Waals surface area (Å²) in [7, 11) is 0. The van der Waals surface area contributed by atoms with Crippen molar-refractivity contribution in [3.05, 3.63) is 11.8 Å². The molecule has 1 fully saturated rings. The van der Waals surface area contributed by atoms with Crippen LogP contribution in [0.4, 0.5) is 0 Å². The number of hydrogen-bond acceptors (Lipinski definition) is 2. The van der Waals surface area contributed by atoms with Gasteiger partial charge in [0.15, 0.2) is 0 Å². The summed E-state index contributed by atoms with van der Waals surface area (Å²) in [6, 6.07) is 0.474. The Morgan fingerprint density at radius 3 is 2.75 bits per heavy atom. The molecule has 12 heavy (non-hydrogen) atoms. The Hall–Kier alpha value is -1.06. The van der Waals surface area contributed by atoms with Gasteiger partial charge in [-0.25, -0.2) is 4.68 Å². The number of nitrogens with one attached hydrogen (secondary N) is 1. The van der Waals surface area contributed by atoms with Gasteiger partial charge in [0, 0.05) is 12.8 Å². The lowest BCUT2D eigenvalue weighted by molar-refractivity contribution is -0.792. The molecule has 4 nitrogen and oxygen atoms in total. The fraction of sp³-hybridized carbons (Fsp3) is 0.750. The molecular formula is C8H13N3O.